The molecule has 2 unspecified atom stereocenters. The maximum atomic E-state index is 13.1. The number of hydrogen-bond acceptors (Lipinski definition) is 6. The molecule has 1 fully saturated rings. The fourth-order valence-corrected chi connectivity index (χ4v) is 3.76. The molecule has 1 heterocycles. The van der Waals surface area contributed by atoms with Gasteiger partial charge in [0.1, 0.15) is 12.6 Å². The van der Waals surface area contributed by atoms with Crippen molar-refractivity contribution in [2.45, 2.75) is 71.7 Å². The largest absolute Gasteiger partial charge is 0.445 e. The van der Waals surface area contributed by atoms with Gasteiger partial charge in [-0.05, 0) is 44.6 Å². The first-order chi connectivity index (χ1) is 16.6. The summed E-state index contributed by atoms with van der Waals surface area (Å²) in [6.45, 7) is 7.72. The zero-order chi connectivity index (χ0) is 26.0. The van der Waals surface area contributed by atoms with Crippen molar-refractivity contribution < 1.29 is 28.7 Å². The van der Waals surface area contributed by atoms with Gasteiger partial charge < -0.3 is 26.0 Å². The molecular weight excluding hydrogens is 452 g/mol. The van der Waals surface area contributed by atoms with Crippen molar-refractivity contribution in [3.05, 3.63) is 35.9 Å². The Balaban J connectivity index is 2.09. The Morgan fingerprint density at radius 2 is 1.69 bits per heavy atom. The number of alkyl carbamates (subject to hydrolysis) is 1. The van der Waals surface area contributed by atoms with Crippen LogP contribution in [0.15, 0.2) is 30.3 Å². The number of hydrogen-bond donors (Lipinski definition) is 4. The van der Waals surface area contributed by atoms with Gasteiger partial charge in [-0.2, -0.15) is 0 Å². The predicted molar refractivity (Wildman–Crippen MR) is 129 cm³/mol. The lowest BCUT2D eigenvalue weighted by Crippen LogP contribution is -2.55. The molecule has 0 bridgehead atoms. The van der Waals surface area contributed by atoms with Gasteiger partial charge in [-0.1, -0.05) is 44.2 Å². The summed E-state index contributed by atoms with van der Waals surface area (Å²) in [7, 11) is 0. The van der Waals surface area contributed by atoms with E-state index >= 15 is 0 Å². The van der Waals surface area contributed by atoms with Crippen molar-refractivity contribution in [3.8, 4) is 0 Å². The molecule has 1 aromatic rings. The molecule has 4 amide bonds. The third-order valence-electron chi connectivity index (χ3n) is 5.49. The first-order valence-electron chi connectivity index (χ1n) is 12.0. The van der Waals surface area contributed by atoms with E-state index in [1.807, 2.05) is 44.2 Å². The highest BCUT2D eigenvalue weighted by atomic mass is 16.5. The van der Waals surface area contributed by atoms with Crippen LogP contribution in [0.5, 0.6) is 0 Å². The Morgan fingerprint density at radius 3 is 2.26 bits per heavy atom. The van der Waals surface area contributed by atoms with E-state index in [9.17, 15) is 24.0 Å². The van der Waals surface area contributed by atoms with Crippen molar-refractivity contribution in [1.82, 2.24) is 21.3 Å². The number of benzene rings is 1. The molecule has 0 radical (unpaired) electrons. The lowest BCUT2D eigenvalue weighted by molar-refractivity contribution is -0.141. The van der Waals surface area contributed by atoms with Crippen molar-refractivity contribution >= 4 is 29.6 Å². The Hall–Kier alpha value is -3.43. The molecule has 10 nitrogen and oxygen atoms in total. The maximum absolute atomic E-state index is 13.1. The van der Waals surface area contributed by atoms with E-state index in [4.69, 9.17) is 4.74 Å². The van der Waals surface area contributed by atoms with Crippen molar-refractivity contribution in [3.63, 3.8) is 0 Å². The van der Waals surface area contributed by atoms with Gasteiger partial charge in [-0.25, -0.2) is 4.79 Å². The number of carbonyl (C=O) groups excluding carboxylic acids is 5. The Kier molecular flexibility index (Phi) is 10.7. The molecule has 10 heteroatoms. The van der Waals surface area contributed by atoms with Crippen LogP contribution in [0.1, 0.15) is 52.5 Å². The highest BCUT2D eigenvalue weighted by molar-refractivity contribution is 6.38. The van der Waals surface area contributed by atoms with E-state index in [0.717, 1.165) is 5.56 Å². The summed E-state index contributed by atoms with van der Waals surface area (Å²) in [4.78, 5) is 62.8. The number of ether oxygens (including phenoxy) is 1. The van der Waals surface area contributed by atoms with E-state index in [-0.39, 0.29) is 37.3 Å². The fourth-order valence-electron chi connectivity index (χ4n) is 3.76. The molecule has 0 aromatic heterocycles. The third-order valence-corrected chi connectivity index (χ3v) is 5.49. The summed E-state index contributed by atoms with van der Waals surface area (Å²) in [5.74, 6) is -2.96. The molecule has 0 aliphatic carbocycles. The van der Waals surface area contributed by atoms with Crippen LogP contribution in [0.3, 0.4) is 0 Å². The molecule has 35 heavy (non-hydrogen) atoms. The first kappa shape index (κ1) is 27.8. The zero-order valence-electron chi connectivity index (χ0n) is 20.8. The summed E-state index contributed by atoms with van der Waals surface area (Å²) in [6.07, 6.45) is 0.0126. The number of nitrogens with one attached hydrogen (secondary N) is 4. The summed E-state index contributed by atoms with van der Waals surface area (Å²) in [6, 6.07) is 6.65. The van der Waals surface area contributed by atoms with Gasteiger partial charge in [0.05, 0.1) is 6.04 Å². The van der Waals surface area contributed by atoms with Gasteiger partial charge in [0, 0.05) is 18.5 Å². The van der Waals surface area contributed by atoms with Gasteiger partial charge >= 0.3 is 6.09 Å². The molecule has 0 saturated carbocycles. The first-order valence-corrected chi connectivity index (χ1v) is 12.0. The molecule has 1 saturated heterocycles. The molecule has 192 valence electrons. The van der Waals surface area contributed by atoms with E-state index in [1.165, 1.54) is 0 Å². The predicted octanol–water partition coefficient (Wildman–Crippen LogP) is 1.43. The minimum absolute atomic E-state index is 0.00518. The minimum Gasteiger partial charge on any atom is -0.445 e. The van der Waals surface area contributed by atoms with Crippen LogP contribution < -0.4 is 21.3 Å². The minimum atomic E-state index is -1.20. The van der Waals surface area contributed by atoms with E-state index < -0.39 is 41.7 Å². The quantitative estimate of drug-likeness (QED) is 0.328. The average molecular weight is 489 g/mol. The van der Waals surface area contributed by atoms with E-state index in [0.29, 0.717) is 13.0 Å². The zero-order valence-corrected chi connectivity index (χ0v) is 20.8. The van der Waals surface area contributed by atoms with Crippen molar-refractivity contribution in [2.24, 2.45) is 11.8 Å². The van der Waals surface area contributed by atoms with Crippen LogP contribution >= 0.6 is 0 Å². The number of amides is 4. The van der Waals surface area contributed by atoms with Gasteiger partial charge in [-0.15, -0.1) is 0 Å². The molecule has 1 aliphatic rings. The van der Waals surface area contributed by atoms with Crippen LogP contribution in [0.25, 0.3) is 0 Å². The lowest BCUT2D eigenvalue weighted by atomic mass is 9.94. The second-order valence-electron chi connectivity index (χ2n) is 9.45. The topological polar surface area (TPSA) is 143 Å². The summed E-state index contributed by atoms with van der Waals surface area (Å²) >= 11 is 0. The van der Waals surface area contributed by atoms with Crippen molar-refractivity contribution in [2.75, 3.05) is 6.54 Å². The molecule has 3 atom stereocenters. The lowest BCUT2D eigenvalue weighted by Gasteiger charge is -2.25. The van der Waals surface area contributed by atoms with Gasteiger partial charge in [0.2, 0.25) is 17.6 Å². The normalized spacial score (nSPS) is 16.9. The second kappa shape index (κ2) is 13.5. The van der Waals surface area contributed by atoms with E-state index in [2.05, 4.69) is 21.3 Å². The molecule has 0 spiro atoms. The van der Waals surface area contributed by atoms with Crippen molar-refractivity contribution in [1.29, 1.82) is 0 Å². The SMILES string of the molecule is CC(C)CC(NC(=O)OCc1ccccc1)C(=O)N[C@@H](CC1CCNC1=O)C(=O)C(=O)NC(C)C. The van der Waals surface area contributed by atoms with Gasteiger partial charge in [-0.3, -0.25) is 19.2 Å². The highest BCUT2D eigenvalue weighted by Crippen LogP contribution is 2.17. The molecule has 2 rings (SSSR count). The number of carbonyl (C=O) groups is 5. The molecule has 1 aromatic carbocycles. The average Bonchev–Trinajstić information content (AvgIpc) is 3.20. The molecular formula is C25H36N4O6. The van der Waals surface area contributed by atoms with Crippen LogP contribution in [0.2, 0.25) is 0 Å². The second-order valence-corrected chi connectivity index (χ2v) is 9.45. The van der Waals surface area contributed by atoms with Crippen LogP contribution in [0, 0.1) is 11.8 Å². The van der Waals surface area contributed by atoms with Crippen LogP contribution in [0.4, 0.5) is 4.79 Å². The van der Waals surface area contributed by atoms with Gasteiger partial charge in [0.15, 0.2) is 0 Å². The third kappa shape index (κ3) is 9.38. The highest BCUT2D eigenvalue weighted by Gasteiger charge is 2.35. The maximum Gasteiger partial charge on any atom is 0.408 e. The van der Waals surface area contributed by atoms with Gasteiger partial charge in [0.25, 0.3) is 5.91 Å². The smallest absolute Gasteiger partial charge is 0.408 e. The Morgan fingerprint density at radius 1 is 1.00 bits per heavy atom. The summed E-state index contributed by atoms with van der Waals surface area (Å²) in [5, 5.41) is 10.4. The monoisotopic (exact) mass is 488 g/mol. The Labute approximate surface area is 205 Å². The van der Waals surface area contributed by atoms with E-state index in [1.54, 1.807) is 13.8 Å². The Bertz CT molecular complexity index is 902. The standard InChI is InChI=1S/C25H36N4O6/c1-15(2)12-20(29-25(34)35-14-17-8-6-5-7-9-17)23(32)28-19(13-18-10-11-26-22(18)31)21(30)24(33)27-16(3)4/h5-9,15-16,18-20H,10-14H2,1-4H3,(H,26,31)(H,27,33)(H,28,32)(H,29,34)/t18?,19-,20?/m0/s1. The van der Waals surface area contributed by atoms with Crippen LogP contribution in [-0.2, 0) is 30.5 Å². The summed E-state index contributed by atoms with van der Waals surface area (Å²) in [5.41, 5.74) is 0.796. The van der Waals surface area contributed by atoms with Crippen LogP contribution in [-0.4, -0.2) is 54.3 Å². The molecule has 4 N–H and O–H groups in total. The number of Topliss-reactive ketones (excluding diaryl/α,β-unsaturated/α-hetero) is 1. The number of ketones is 1. The fraction of sp³-hybridized carbons (Fsp3) is 0.560. The molecule has 1 aliphatic heterocycles. The summed E-state index contributed by atoms with van der Waals surface area (Å²) < 4.78 is 5.23. The number of rotatable bonds is 12.